The Labute approximate surface area is 106 Å². The van der Waals surface area contributed by atoms with E-state index in [1.165, 1.54) is 51.2 Å². The molecule has 0 aliphatic heterocycles. The highest BCUT2D eigenvalue weighted by molar-refractivity contribution is 5.54. The summed E-state index contributed by atoms with van der Waals surface area (Å²) >= 11 is 0. The van der Waals surface area contributed by atoms with Crippen LogP contribution in [-0.2, 0) is 4.79 Å². The average molecular weight is 236 g/mol. The van der Waals surface area contributed by atoms with Gasteiger partial charge in [0, 0.05) is 5.92 Å². The molecule has 1 heteroatoms. The molecule has 17 heavy (non-hydrogen) atoms. The van der Waals surface area contributed by atoms with Gasteiger partial charge in [-0.2, -0.15) is 0 Å². The highest BCUT2D eigenvalue weighted by atomic mass is 16.1. The zero-order valence-corrected chi connectivity index (χ0v) is 11.5. The lowest BCUT2D eigenvalue weighted by Crippen LogP contribution is -2.30. The molecule has 0 amide bonds. The van der Waals surface area contributed by atoms with Crippen molar-refractivity contribution >= 4 is 6.29 Å². The minimum absolute atomic E-state index is 0.380. The number of carbonyl (C=O) groups excluding carboxylic acids is 1. The molecule has 0 aromatic carbocycles. The molecule has 4 unspecified atom stereocenters. The van der Waals surface area contributed by atoms with Crippen molar-refractivity contribution in [1.82, 2.24) is 0 Å². The first-order valence-corrected chi connectivity index (χ1v) is 7.67. The average Bonchev–Trinajstić information content (AvgIpc) is 2.34. The molecule has 2 saturated carbocycles. The molecule has 4 atom stereocenters. The molecule has 0 spiro atoms. The van der Waals surface area contributed by atoms with Crippen molar-refractivity contribution in [2.24, 2.45) is 29.6 Å². The maximum Gasteiger partial charge on any atom is 0.123 e. The summed E-state index contributed by atoms with van der Waals surface area (Å²) in [6.45, 7) is 4.86. The lowest BCUT2D eigenvalue weighted by molar-refractivity contribution is -0.114. The van der Waals surface area contributed by atoms with Crippen molar-refractivity contribution in [3.8, 4) is 0 Å². The topological polar surface area (TPSA) is 17.1 Å². The largest absolute Gasteiger partial charge is 0.303 e. The fraction of sp³-hybridized carbons (Fsp3) is 0.938. The standard InChI is InChI=1S/C16H28O/c1-12-6-5-7-13(2)16(12)10-14-8-3-4-9-15(14)11-17/h11-16H,3-10H2,1-2H3. The zero-order chi connectivity index (χ0) is 12.3. The van der Waals surface area contributed by atoms with Crippen molar-refractivity contribution in [3.05, 3.63) is 0 Å². The van der Waals surface area contributed by atoms with E-state index in [9.17, 15) is 4.79 Å². The molecule has 0 aromatic heterocycles. The van der Waals surface area contributed by atoms with Crippen LogP contribution in [0.5, 0.6) is 0 Å². The fourth-order valence-corrected chi connectivity index (χ4v) is 4.27. The molecule has 2 rings (SSSR count). The fourth-order valence-electron chi connectivity index (χ4n) is 4.27. The molecule has 0 saturated heterocycles. The van der Waals surface area contributed by atoms with Crippen LogP contribution >= 0.6 is 0 Å². The summed E-state index contributed by atoms with van der Waals surface area (Å²) in [7, 11) is 0. The van der Waals surface area contributed by atoms with Crippen LogP contribution in [0, 0.1) is 29.6 Å². The van der Waals surface area contributed by atoms with Gasteiger partial charge in [-0.3, -0.25) is 0 Å². The summed E-state index contributed by atoms with van der Waals surface area (Å²) < 4.78 is 0. The quantitative estimate of drug-likeness (QED) is 0.661. The third-order valence-electron chi connectivity index (χ3n) is 5.50. The van der Waals surface area contributed by atoms with Gasteiger partial charge in [-0.25, -0.2) is 0 Å². The van der Waals surface area contributed by atoms with Crippen LogP contribution in [0.2, 0.25) is 0 Å². The Morgan fingerprint density at radius 2 is 1.59 bits per heavy atom. The minimum atomic E-state index is 0.380. The van der Waals surface area contributed by atoms with Crippen LogP contribution < -0.4 is 0 Å². The van der Waals surface area contributed by atoms with E-state index in [1.807, 2.05) is 0 Å². The SMILES string of the molecule is CC1CCCC(C)C1CC1CCCCC1C=O. The van der Waals surface area contributed by atoms with Crippen LogP contribution in [0.25, 0.3) is 0 Å². The van der Waals surface area contributed by atoms with Crippen LogP contribution in [0.3, 0.4) is 0 Å². The summed E-state index contributed by atoms with van der Waals surface area (Å²) in [5.74, 6) is 3.73. The van der Waals surface area contributed by atoms with Gasteiger partial charge in [0.2, 0.25) is 0 Å². The maximum atomic E-state index is 11.2. The molecule has 1 nitrogen and oxygen atoms in total. The van der Waals surface area contributed by atoms with Gasteiger partial charge >= 0.3 is 0 Å². The second kappa shape index (κ2) is 6.02. The van der Waals surface area contributed by atoms with Gasteiger partial charge in [-0.1, -0.05) is 46.0 Å². The van der Waals surface area contributed by atoms with Crippen molar-refractivity contribution < 1.29 is 4.79 Å². The minimum Gasteiger partial charge on any atom is -0.303 e. The summed E-state index contributed by atoms with van der Waals surface area (Å²) in [6, 6.07) is 0. The van der Waals surface area contributed by atoms with Crippen LogP contribution in [0.1, 0.15) is 65.2 Å². The summed E-state index contributed by atoms with van der Waals surface area (Å²) in [5.41, 5.74) is 0. The molecule has 0 heterocycles. The highest BCUT2D eigenvalue weighted by Gasteiger charge is 2.33. The Balaban J connectivity index is 1.95. The monoisotopic (exact) mass is 236 g/mol. The van der Waals surface area contributed by atoms with E-state index in [0.717, 1.165) is 24.2 Å². The normalized spacial score (nSPS) is 43.3. The second-order valence-corrected chi connectivity index (χ2v) is 6.63. The van der Waals surface area contributed by atoms with Crippen LogP contribution in [0.4, 0.5) is 0 Å². The predicted octanol–water partition coefficient (Wildman–Crippen LogP) is 4.45. The van der Waals surface area contributed by atoms with E-state index in [2.05, 4.69) is 13.8 Å². The maximum absolute atomic E-state index is 11.2. The van der Waals surface area contributed by atoms with E-state index in [1.54, 1.807) is 0 Å². The summed E-state index contributed by atoms with van der Waals surface area (Å²) in [6.07, 6.45) is 11.9. The molecule has 2 aliphatic rings. The molecule has 2 aliphatic carbocycles. The molecule has 0 N–H and O–H groups in total. The first-order chi connectivity index (χ1) is 8.22. The Kier molecular flexibility index (Phi) is 4.64. The zero-order valence-electron chi connectivity index (χ0n) is 11.5. The lowest BCUT2D eigenvalue weighted by Gasteiger charge is -2.39. The van der Waals surface area contributed by atoms with E-state index in [-0.39, 0.29) is 0 Å². The molecule has 98 valence electrons. The van der Waals surface area contributed by atoms with E-state index in [0.29, 0.717) is 11.8 Å². The van der Waals surface area contributed by atoms with E-state index < -0.39 is 0 Å². The van der Waals surface area contributed by atoms with E-state index in [4.69, 9.17) is 0 Å². The predicted molar refractivity (Wildman–Crippen MR) is 71.8 cm³/mol. The van der Waals surface area contributed by atoms with Gasteiger partial charge < -0.3 is 4.79 Å². The van der Waals surface area contributed by atoms with Crippen molar-refractivity contribution in [2.75, 3.05) is 0 Å². The number of hydrogen-bond acceptors (Lipinski definition) is 1. The third kappa shape index (κ3) is 3.11. The summed E-state index contributed by atoms with van der Waals surface area (Å²) in [5, 5.41) is 0. The van der Waals surface area contributed by atoms with Gasteiger partial charge in [0.25, 0.3) is 0 Å². The Morgan fingerprint density at radius 1 is 0.941 bits per heavy atom. The Hall–Kier alpha value is -0.330. The van der Waals surface area contributed by atoms with Gasteiger partial charge in [0.05, 0.1) is 0 Å². The Bertz CT molecular complexity index is 238. The second-order valence-electron chi connectivity index (χ2n) is 6.63. The van der Waals surface area contributed by atoms with Crippen molar-refractivity contribution in [3.63, 3.8) is 0 Å². The van der Waals surface area contributed by atoms with Gasteiger partial charge in [-0.05, 0) is 42.9 Å². The molecule has 2 fully saturated rings. The molecular formula is C16H28O. The van der Waals surface area contributed by atoms with Gasteiger partial charge in [0.1, 0.15) is 6.29 Å². The first-order valence-electron chi connectivity index (χ1n) is 7.67. The van der Waals surface area contributed by atoms with Crippen LogP contribution in [-0.4, -0.2) is 6.29 Å². The molecule has 0 aromatic rings. The first kappa shape index (κ1) is 13.1. The lowest BCUT2D eigenvalue weighted by atomic mass is 9.66. The number of hydrogen-bond donors (Lipinski definition) is 0. The molecule has 0 radical (unpaired) electrons. The number of aldehydes is 1. The summed E-state index contributed by atoms with van der Waals surface area (Å²) in [4.78, 5) is 11.2. The van der Waals surface area contributed by atoms with Crippen molar-refractivity contribution in [2.45, 2.75) is 65.2 Å². The van der Waals surface area contributed by atoms with Gasteiger partial charge in [0.15, 0.2) is 0 Å². The highest BCUT2D eigenvalue weighted by Crippen LogP contribution is 2.42. The smallest absolute Gasteiger partial charge is 0.123 e. The van der Waals surface area contributed by atoms with Gasteiger partial charge in [-0.15, -0.1) is 0 Å². The van der Waals surface area contributed by atoms with Crippen LogP contribution in [0.15, 0.2) is 0 Å². The third-order valence-corrected chi connectivity index (χ3v) is 5.50. The Morgan fingerprint density at radius 3 is 2.24 bits per heavy atom. The van der Waals surface area contributed by atoms with Crippen molar-refractivity contribution in [1.29, 1.82) is 0 Å². The molecule has 0 bridgehead atoms. The number of carbonyl (C=O) groups is 1. The van der Waals surface area contributed by atoms with E-state index >= 15 is 0 Å². The number of rotatable bonds is 3. The molecular weight excluding hydrogens is 208 g/mol.